The Morgan fingerprint density at radius 2 is 2.00 bits per heavy atom. The van der Waals surface area contributed by atoms with Gasteiger partial charge in [-0.3, -0.25) is 0 Å². The SMILES string of the molecule is CNCc1cccc(F)c1N(C)CC1CCCCC1. The quantitative estimate of drug-likeness (QED) is 0.874. The van der Waals surface area contributed by atoms with Crippen LogP contribution in [0.4, 0.5) is 10.1 Å². The minimum atomic E-state index is -0.106. The van der Waals surface area contributed by atoms with Crippen LogP contribution in [0.15, 0.2) is 18.2 Å². The largest absolute Gasteiger partial charge is 0.372 e. The summed E-state index contributed by atoms with van der Waals surface area (Å²) in [5.74, 6) is 0.617. The molecule has 0 bridgehead atoms. The number of halogens is 1. The Morgan fingerprint density at radius 3 is 2.68 bits per heavy atom. The molecule has 1 N–H and O–H groups in total. The Kier molecular flexibility index (Phi) is 5.20. The molecule has 0 heterocycles. The zero-order valence-electron chi connectivity index (χ0n) is 12.1. The third-order valence-corrected chi connectivity index (χ3v) is 4.08. The van der Waals surface area contributed by atoms with E-state index in [0.29, 0.717) is 6.54 Å². The summed E-state index contributed by atoms with van der Waals surface area (Å²) >= 11 is 0. The third kappa shape index (κ3) is 3.69. The van der Waals surface area contributed by atoms with Crippen LogP contribution in [-0.2, 0) is 6.54 Å². The first-order valence-corrected chi connectivity index (χ1v) is 7.35. The summed E-state index contributed by atoms with van der Waals surface area (Å²) in [5.41, 5.74) is 1.81. The lowest BCUT2D eigenvalue weighted by Gasteiger charge is -2.30. The summed E-state index contributed by atoms with van der Waals surface area (Å²) < 4.78 is 14.1. The first kappa shape index (κ1) is 14.3. The predicted octanol–water partition coefficient (Wildman–Crippen LogP) is 3.56. The molecule has 1 aromatic carbocycles. The standard InChI is InChI=1S/C16H25FN2/c1-18-11-14-9-6-10-15(17)16(14)19(2)12-13-7-4-3-5-8-13/h6,9-10,13,18H,3-5,7-8,11-12H2,1-2H3. The molecule has 3 heteroatoms. The second-order valence-electron chi connectivity index (χ2n) is 5.66. The molecule has 0 radical (unpaired) electrons. The Balaban J connectivity index is 2.10. The van der Waals surface area contributed by atoms with Gasteiger partial charge in [0.2, 0.25) is 0 Å². The minimum absolute atomic E-state index is 0.106. The normalized spacial score (nSPS) is 16.6. The van der Waals surface area contributed by atoms with Crippen LogP contribution >= 0.6 is 0 Å². The van der Waals surface area contributed by atoms with E-state index in [-0.39, 0.29) is 5.82 Å². The van der Waals surface area contributed by atoms with E-state index >= 15 is 0 Å². The van der Waals surface area contributed by atoms with E-state index in [1.807, 2.05) is 20.2 Å². The maximum atomic E-state index is 14.1. The Labute approximate surface area is 116 Å². The zero-order chi connectivity index (χ0) is 13.7. The highest BCUT2D eigenvalue weighted by Gasteiger charge is 2.18. The summed E-state index contributed by atoms with van der Waals surface area (Å²) in [6.07, 6.45) is 6.61. The van der Waals surface area contributed by atoms with Crippen molar-refractivity contribution in [2.24, 2.45) is 5.92 Å². The maximum absolute atomic E-state index is 14.1. The monoisotopic (exact) mass is 264 g/mol. The highest BCUT2D eigenvalue weighted by atomic mass is 19.1. The number of nitrogens with one attached hydrogen (secondary N) is 1. The zero-order valence-corrected chi connectivity index (χ0v) is 12.1. The van der Waals surface area contributed by atoms with Gasteiger partial charge in [0.1, 0.15) is 5.82 Å². The van der Waals surface area contributed by atoms with Gasteiger partial charge in [-0.15, -0.1) is 0 Å². The molecule has 1 aliphatic carbocycles. The molecular weight excluding hydrogens is 239 g/mol. The van der Waals surface area contributed by atoms with E-state index in [1.54, 1.807) is 12.1 Å². The summed E-state index contributed by atoms with van der Waals surface area (Å²) in [6, 6.07) is 5.36. The first-order chi connectivity index (χ1) is 9.22. The molecule has 1 fully saturated rings. The van der Waals surface area contributed by atoms with Crippen LogP contribution < -0.4 is 10.2 Å². The molecule has 0 atom stereocenters. The predicted molar refractivity (Wildman–Crippen MR) is 79.0 cm³/mol. The fraction of sp³-hybridized carbons (Fsp3) is 0.625. The average Bonchev–Trinajstić information content (AvgIpc) is 2.40. The molecule has 0 aliphatic heterocycles. The Hall–Kier alpha value is -1.09. The van der Waals surface area contributed by atoms with Crippen LogP contribution in [0, 0.1) is 11.7 Å². The van der Waals surface area contributed by atoms with Crippen molar-refractivity contribution in [1.29, 1.82) is 0 Å². The van der Waals surface area contributed by atoms with Crippen molar-refractivity contribution in [3.63, 3.8) is 0 Å². The molecule has 1 aliphatic rings. The van der Waals surface area contributed by atoms with Gasteiger partial charge in [0.25, 0.3) is 0 Å². The Bertz CT molecular complexity index is 400. The third-order valence-electron chi connectivity index (χ3n) is 4.08. The van der Waals surface area contributed by atoms with Crippen molar-refractivity contribution in [1.82, 2.24) is 5.32 Å². The summed E-state index contributed by atoms with van der Waals surface area (Å²) in [7, 11) is 3.92. The van der Waals surface area contributed by atoms with Crippen LogP contribution in [0.25, 0.3) is 0 Å². The molecule has 0 aromatic heterocycles. The number of para-hydroxylation sites is 1. The van der Waals surface area contributed by atoms with Crippen LogP contribution in [0.3, 0.4) is 0 Å². The molecule has 0 amide bonds. The van der Waals surface area contributed by atoms with Crippen LogP contribution in [0.5, 0.6) is 0 Å². The number of anilines is 1. The van der Waals surface area contributed by atoms with Gasteiger partial charge < -0.3 is 10.2 Å². The minimum Gasteiger partial charge on any atom is -0.372 e. The van der Waals surface area contributed by atoms with Crippen molar-refractivity contribution < 1.29 is 4.39 Å². The molecule has 1 saturated carbocycles. The van der Waals surface area contributed by atoms with Gasteiger partial charge in [-0.1, -0.05) is 31.4 Å². The highest BCUT2D eigenvalue weighted by Crippen LogP contribution is 2.28. The van der Waals surface area contributed by atoms with Crippen LogP contribution in [-0.4, -0.2) is 20.6 Å². The van der Waals surface area contributed by atoms with E-state index < -0.39 is 0 Å². The average molecular weight is 264 g/mol. The fourth-order valence-corrected chi connectivity index (χ4v) is 3.17. The molecule has 1 aromatic rings. The first-order valence-electron chi connectivity index (χ1n) is 7.35. The second kappa shape index (κ2) is 6.90. The van der Waals surface area contributed by atoms with Crippen LogP contribution in [0.2, 0.25) is 0 Å². The molecule has 0 saturated heterocycles. The Morgan fingerprint density at radius 1 is 1.26 bits per heavy atom. The number of rotatable bonds is 5. The van der Waals surface area contributed by atoms with Gasteiger partial charge in [-0.05, 0) is 37.4 Å². The van der Waals surface area contributed by atoms with E-state index in [9.17, 15) is 4.39 Å². The molecule has 0 unspecified atom stereocenters. The smallest absolute Gasteiger partial charge is 0.146 e. The molecular formula is C16H25FN2. The molecule has 2 rings (SSSR count). The van der Waals surface area contributed by atoms with Crippen molar-refractivity contribution in [2.75, 3.05) is 25.5 Å². The molecule has 106 valence electrons. The van der Waals surface area contributed by atoms with Gasteiger partial charge >= 0.3 is 0 Å². The van der Waals surface area contributed by atoms with E-state index in [4.69, 9.17) is 0 Å². The van der Waals surface area contributed by atoms with Crippen LogP contribution in [0.1, 0.15) is 37.7 Å². The second-order valence-corrected chi connectivity index (χ2v) is 5.66. The van der Waals surface area contributed by atoms with Gasteiger partial charge in [-0.2, -0.15) is 0 Å². The van der Waals surface area contributed by atoms with Gasteiger partial charge in [0.05, 0.1) is 5.69 Å². The van der Waals surface area contributed by atoms with Gasteiger partial charge in [0, 0.05) is 20.1 Å². The van der Waals surface area contributed by atoms with E-state index in [1.165, 1.54) is 32.1 Å². The number of hydrogen-bond donors (Lipinski definition) is 1. The van der Waals surface area contributed by atoms with Crippen molar-refractivity contribution >= 4 is 5.69 Å². The van der Waals surface area contributed by atoms with Crippen molar-refractivity contribution in [2.45, 2.75) is 38.6 Å². The molecule has 19 heavy (non-hydrogen) atoms. The lowest BCUT2D eigenvalue weighted by molar-refractivity contribution is 0.361. The summed E-state index contributed by atoms with van der Waals surface area (Å²) in [5, 5.41) is 3.12. The van der Waals surface area contributed by atoms with Gasteiger partial charge in [-0.25, -0.2) is 4.39 Å². The summed E-state index contributed by atoms with van der Waals surface area (Å²) in [6.45, 7) is 1.68. The van der Waals surface area contributed by atoms with Crippen molar-refractivity contribution in [3.05, 3.63) is 29.6 Å². The highest BCUT2D eigenvalue weighted by molar-refractivity contribution is 5.54. The molecule has 0 spiro atoms. The topological polar surface area (TPSA) is 15.3 Å². The maximum Gasteiger partial charge on any atom is 0.146 e. The van der Waals surface area contributed by atoms with E-state index in [0.717, 1.165) is 23.7 Å². The number of nitrogens with zero attached hydrogens (tertiary/aromatic N) is 1. The fourth-order valence-electron chi connectivity index (χ4n) is 3.17. The lowest BCUT2D eigenvalue weighted by Crippen LogP contribution is -2.28. The number of benzene rings is 1. The van der Waals surface area contributed by atoms with Gasteiger partial charge in [0.15, 0.2) is 0 Å². The van der Waals surface area contributed by atoms with E-state index in [2.05, 4.69) is 10.2 Å². The summed E-state index contributed by atoms with van der Waals surface area (Å²) in [4.78, 5) is 2.11. The number of hydrogen-bond acceptors (Lipinski definition) is 2. The van der Waals surface area contributed by atoms with Crippen molar-refractivity contribution in [3.8, 4) is 0 Å². The molecule has 2 nitrogen and oxygen atoms in total. The lowest BCUT2D eigenvalue weighted by atomic mass is 9.89.